The van der Waals surface area contributed by atoms with Gasteiger partial charge < -0.3 is 18.9 Å². The van der Waals surface area contributed by atoms with Crippen LogP contribution in [0.4, 0.5) is 0 Å². The van der Waals surface area contributed by atoms with E-state index in [1.807, 2.05) is 6.92 Å². The average molecular weight is 377 g/mol. The number of fused-ring (bicyclic) bond motifs is 1. The summed E-state index contributed by atoms with van der Waals surface area (Å²) in [6.07, 6.45) is 0. The Labute approximate surface area is 155 Å². The fourth-order valence-corrected chi connectivity index (χ4v) is 2.45. The molecule has 26 heavy (non-hydrogen) atoms. The second-order valence-corrected chi connectivity index (χ2v) is 6.05. The molecule has 0 saturated carbocycles. The molecule has 7 heteroatoms. The van der Waals surface area contributed by atoms with Crippen molar-refractivity contribution in [1.29, 1.82) is 0 Å². The molecule has 0 radical (unpaired) electrons. The Morgan fingerprint density at radius 3 is 2.58 bits per heavy atom. The van der Waals surface area contributed by atoms with Crippen LogP contribution < -0.4 is 14.2 Å². The van der Waals surface area contributed by atoms with Crippen LogP contribution >= 0.6 is 11.6 Å². The van der Waals surface area contributed by atoms with Crippen molar-refractivity contribution in [2.75, 3.05) is 26.4 Å². The highest BCUT2D eigenvalue weighted by Gasteiger charge is 2.16. The third kappa shape index (κ3) is 4.46. The number of aryl methyl sites for hydroxylation is 1. The van der Waals surface area contributed by atoms with E-state index in [2.05, 4.69) is 0 Å². The number of carbonyl (C=O) groups is 2. The zero-order valence-electron chi connectivity index (χ0n) is 14.1. The summed E-state index contributed by atoms with van der Waals surface area (Å²) < 4.78 is 21.1. The zero-order chi connectivity index (χ0) is 18.5. The Kier molecular flexibility index (Phi) is 5.63. The number of ketones is 1. The predicted octanol–water partition coefficient (Wildman–Crippen LogP) is 3.22. The molecule has 136 valence electrons. The summed E-state index contributed by atoms with van der Waals surface area (Å²) in [4.78, 5) is 23.9. The van der Waals surface area contributed by atoms with Gasteiger partial charge in [-0.1, -0.05) is 11.6 Å². The molecule has 0 aliphatic carbocycles. The van der Waals surface area contributed by atoms with Crippen LogP contribution in [-0.4, -0.2) is 38.2 Å². The highest BCUT2D eigenvalue weighted by Crippen LogP contribution is 2.30. The molecule has 2 aromatic rings. The first-order valence-corrected chi connectivity index (χ1v) is 8.38. The normalized spacial score (nSPS) is 12.4. The minimum absolute atomic E-state index is 0.296. The van der Waals surface area contributed by atoms with E-state index in [1.165, 1.54) is 0 Å². The summed E-state index contributed by atoms with van der Waals surface area (Å²) in [6, 6.07) is 9.91. The lowest BCUT2D eigenvalue weighted by Crippen LogP contribution is -2.20. The zero-order valence-corrected chi connectivity index (χ0v) is 14.9. The SMILES string of the molecule is Cc1cc(OCC(=O)OCC(=O)c2ccc3c(c2)OCCO3)ccc1Cl. The molecule has 0 aromatic heterocycles. The quantitative estimate of drug-likeness (QED) is 0.569. The molecule has 0 amide bonds. The second kappa shape index (κ2) is 8.10. The number of halogens is 1. The summed E-state index contributed by atoms with van der Waals surface area (Å²) in [5.41, 5.74) is 1.22. The van der Waals surface area contributed by atoms with Crippen LogP contribution in [0.1, 0.15) is 15.9 Å². The van der Waals surface area contributed by atoms with Gasteiger partial charge >= 0.3 is 5.97 Å². The van der Waals surface area contributed by atoms with Crippen molar-refractivity contribution in [2.24, 2.45) is 0 Å². The summed E-state index contributed by atoms with van der Waals surface area (Å²) >= 11 is 5.93. The van der Waals surface area contributed by atoms with E-state index in [9.17, 15) is 9.59 Å². The minimum Gasteiger partial charge on any atom is -0.486 e. The summed E-state index contributed by atoms with van der Waals surface area (Å²) in [7, 11) is 0. The molecular formula is C19H17ClO6. The van der Waals surface area contributed by atoms with Crippen molar-refractivity contribution in [3.8, 4) is 17.2 Å². The standard InChI is InChI=1S/C19H17ClO6/c1-12-8-14(3-4-15(12)20)25-11-19(22)26-10-16(21)13-2-5-17-18(9-13)24-7-6-23-17/h2-5,8-9H,6-7,10-11H2,1H3. The van der Waals surface area contributed by atoms with Crippen molar-refractivity contribution in [1.82, 2.24) is 0 Å². The number of Topliss-reactive ketones (excluding diaryl/α,β-unsaturated/α-hetero) is 1. The average Bonchev–Trinajstić information content (AvgIpc) is 2.66. The summed E-state index contributed by atoms with van der Waals surface area (Å²) in [5.74, 6) is 0.634. The van der Waals surface area contributed by atoms with Gasteiger partial charge in [0.05, 0.1) is 0 Å². The lowest BCUT2D eigenvalue weighted by Gasteiger charge is -2.18. The Morgan fingerprint density at radius 2 is 1.81 bits per heavy atom. The van der Waals surface area contributed by atoms with Crippen LogP contribution in [-0.2, 0) is 9.53 Å². The molecule has 0 saturated heterocycles. The lowest BCUT2D eigenvalue weighted by atomic mass is 10.1. The first kappa shape index (κ1) is 18.1. The lowest BCUT2D eigenvalue weighted by molar-refractivity contribution is -0.144. The van der Waals surface area contributed by atoms with Gasteiger partial charge in [-0.05, 0) is 48.9 Å². The van der Waals surface area contributed by atoms with Crippen LogP contribution in [0.15, 0.2) is 36.4 Å². The Bertz CT molecular complexity index is 833. The molecule has 1 heterocycles. The van der Waals surface area contributed by atoms with E-state index in [-0.39, 0.29) is 19.0 Å². The first-order valence-electron chi connectivity index (χ1n) is 8.00. The molecule has 1 aliphatic rings. The van der Waals surface area contributed by atoms with Crippen molar-refractivity contribution in [2.45, 2.75) is 6.92 Å². The molecule has 6 nitrogen and oxygen atoms in total. The van der Waals surface area contributed by atoms with Crippen LogP contribution in [0, 0.1) is 6.92 Å². The number of rotatable bonds is 6. The Hall–Kier alpha value is -2.73. The molecule has 2 aromatic carbocycles. The van der Waals surface area contributed by atoms with E-state index >= 15 is 0 Å². The van der Waals surface area contributed by atoms with Gasteiger partial charge in [0.15, 0.2) is 30.5 Å². The van der Waals surface area contributed by atoms with Crippen LogP contribution in [0.2, 0.25) is 5.02 Å². The van der Waals surface area contributed by atoms with Gasteiger partial charge in [-0.3, -0.25) is 4.79 Å². The van der Waals surface area contributed by atoms with Gasteiger partial charge in [0.25, 0.3) is 0 Å². The molecular weight excluding hydrogens is 360 g/mol. The number of ether oxygens (including phenoxy) is 4. The van der Waals surface area contributed by atoms with Crippen LogP contribution in [0.5, 0.6) is 17.2 Å². The summed E-state index contributed by atoms with van der Waals surface area (Å²) in [6.45, 7) is 2.07. The number of benzene rings is 2. The Balaban J connectivity index is 1.49. The molecule has 3 rings (SSSR count). The molecule has 0 N–H and O–H groups in total. The number of hydrogen-bond donors (Lipinski definition) is 0. The number of hydrogen-bond acceptors (Lipinski definition) is 6. The van der Waals surface area contributed by atoms with Gasteiger partial charge in [-0.15, -0.1) is 0 Å². The van der Waals surface area contributed by atoms with Gasteiger partial charge in [0.1, 0.15) is 19.0 Å². The largest absolute Gasteiger partial charge is 0.486 e. The monoisotopic (exact) mass is 376 g/mol. The van der Waals surface area contributed by atoms with E-state index in [1.54, 1.807) is 36.4 Å². The molecule has 0 spiro atoms. The first-order chi connectivity index (χ1) is 12.5. The topological polar surface area (TPSA) is 71.1 Å². The third-order valence-corrected chi connectivity index (χ3v) is 4.14. The molecule has 0 unspecified atom stereocenters. The summed E-state index contributed by atoms with van der Waals surface area (Å²) in [5, 5.41) is 0.616. The third-order valence-electron chi connectivity index (χ3n) is 3.71. The fraction of sp³-hybridized carbons (Fsp3) is 0.263. The van der Waals surface area contributed by atoms with Gasteiger partial charge in [0, 0.05) is 10.6 Å². The van der Waals surface area contributed by atoms with Crippen LogP contribution in [0.3, 0.4) is 0 Å². The van der Waals surface area contributed by atoms with E-state index in [0.717, 1.165) is 5.56 Å². The van der Waals surface area contributed by atoms with E-state index in [0.29, 0.717) is 41.0 Å². The Morgan fingerprint density at radius 1 is 1.04 bits per heavy atom. The maximum Gasteiger partial charge on any atom is 0.344 e. The highest BCUT2D eigenvalue weighted by molar-refractivity contribution is 6.31. The van der Waals surface area contributed by atoms with Gasteiger partial charge in [-0.25, -0.2) is 4.79 Å². The molecule has 0 atom stereocenters. The van der Waals surface area contributed by atoms with Crippen molar-refractivity contribution in [3.05, 3.63) is 52.5 Å². The molecule has 0 fully saturated rings. The van der Waals surface area contributed by atoms with E-state index in [4.69, 9.17) is 30.5 Å². The maximum absolute atomic E-state index is 12.2. The highest BCUT2D eigenvalue weighted by atomic mass is 35.5. The van der Waals surface area contributed by atoms with Crippen molar-refractivity contribution < 1.29 is 28.5 Å². The van der Waals surface area contributed by atoms with E-state index < -0.39 is 5.97 Å². The van der Waals surface area contributed by atoms with Crippen molar-refractivity contribution in [3.63, 3.8) is 0 Å². The van der Waals surface area contributed by atoms with Gasteiger partial charge in [0.2, 0.25) is 0 Å². The predicted molar refractivity (Wildman–Crippen MR) is 94.4 cm³/mol. The minimum atomic E-state index is -0.636. The van der Waals surface area contributed by atoms with Gasteiger partial charge in [-0.2, -0.15) is 0 Å². The maximum atomic E-state index is 12.2. The fourth-order valence-electron chi connectivity index (χ4n) is 2.34. The smallest absolute Gasteiger partial charge is 0.344 e. The molecule has 0 bridgehead atoms. The second-order valence-electron chi connectivity index (χ2n) is 5.64. The number of carbonyl (C=O) groups excluding carboxylic acids is 2. The van der Waals surface area contributed by atoms with Crippen LogP contribution in [0.25, 0.3) is 0 Å². The van der Waals surface area contributed by atoms with Crippen molar-refractivity contribution >= 4 is 23.4 Å². The number of esters is 1. The molecule has 1 aliphatic heterocycles.